The van der Waals surface area contributed by atoms with Crippen LogP contribution in [0.4, 0.5) is 0 Å². The van der Waals surface area contributed by atoms with E-state index in [4.69, 9.17) is 18.9 Å². The van der Waals surface area contributed by atoms with Gasteiger partial charge in [-0.1, -0.05) is 242 Å². The lowest BCUT2D eigenvalue weighted by Gasteiger charge is -2.27. The Morgan fingerprint density at radius 1 is 0.275 bits per heavy atom. The van der Waals surface area contributed by atoms with Gasteiger partial charge in [0.1, 0.15) is 26.4 Å². The minimum Gasteiger partial charge on any atom is -0.465 e. The SMILES string of the molecule is CCCCCCCCSSCCOC(=O)CCN(CCCN(CCO)CCCN(CCC(=O)OCCSSCCCCCCCC)CCC(=O)OCCSSCCCCCCCC)CCC(=O)OCCSSCCCCCCCC. The molecule has 0 aromatic carbocycles. The first kappa shape index (κ1) is 80.5. The molecule has 0 radical (unpaired) electrons. The van der Waals surface area contributed by atoms with Gasteiger partial charge in [-0.3, -0.25) is 19.2 Å². The largest absolute Gasteiger partial charge is 0.465 e. The summed E-state index contributed by atoms with van der Waals surface area (Å²) in [6.45, 7) is 15.9. The Balaban J connectivity index is 5.24. The molecule has 0 aromatic rings. The van der Waals surface area contributed by atoms with Crippen LogP contribution < -0.4 is 0 Å². The summed E-state index contributed by atoms with van der Waals surface area (Å²) in [7, 11) is 14.5. The van der Waals surface area contributed by atoms with Crippen LogP contribution in [0, 0.1) is 0 Å². The van der Waals surface area contributed by atoms with Crippen LogP contribution in [-0.4, -0.2) is 182 Å². The molecule has 0 spiro atoms. The first-order valence-electron chi connectivity index (χ1n) is 31.7. The summed E-state index contributed by atoms with van der Waals surface area (Å²) in [5.74, 6) is 6.70. The third-order valence-corrected chi connectivity index (χ3v) is 23.0. The minimum atomic E-state index is -0.220. The summed E-state index contributed by atoms with van der Waals surface area (Å²) in [6, 6.07) is 0. The van der Waals surface area contributed by atoms with Crippen LogP contribution in [0.15, 0.2) is 0 Å². The number of nitrogens with zero attached hydrogens (tertiary/aromatic N) is 3. The lowest BCUT2D eigenvalue weighted by Crippen LogP contribution is -2.36. The molecule has 0 saturated heterocycles. The first-order valence-corrected chi connectivity index (χ1v) is 41.6. The molecule has 1 N–H and O–H groups in total. The van der Waals surface area contributed by atoms with E-state index in [2.05, 4.69) is 42.4 Å². The molecule has 0 fully saturated rings. The first-order chi connectivity index (χ1) is 39.3. The number of hydrogen-bond donors (Lipinski definition) is 1. The molecule has 474 valence electrons. The van der Waals surface area contributed by atoms with Crippen molar-refractivity contribution in [2.45, 2.75) is 220 Å². The smallest absolute Gasteiger partial charge is 0.307 e. The molecular formula is C60H117N3O9S8. The lowest BCUT2D eigenvalue weighted by molar-refractivity contribution is -0.145. The summed E-state index contributed by atoms with van der Waals surface area (Å²) in [5, 5.41) is 10.1. The van der Waals surface area contributed by atoms with E-state index in [9.17, 15) is 24.3 Å². The molecule has 0 rings (SSSR count). The Morgan fingerprint density at radius 2 is 0.487 bits per heavy atom. The number of ether oxygens (including phenoxy) is 4. The van der Waals surface area contributed by atoms with Gasteiger partial charge in [-0.25, -0.2) is 0 Å². The highest BCUT2D eigenvalue weighted by molar-refractivity contribution is 8.77. The van der Waals surface area contributed by atoms with Crippen molar-refractivity contribution in [3.8, 4) is 0 Å². The predicted molar refractivity (Wildman–Crippen MR) is 361 cm³/mol. The zero-order valence-corrected chi connectivity index (χ0v) is 57.6. The quantitative estimate of drug-likeness (QED) is 0.0267. The summed E-state index contributed by atoms with van der Waals surface area (Å²) in [6.07, 6.45) is 33.6. The van der Waals surface area contributed by atoms with Crippen LogP contribution in [-0.2, 0) is 38.1 Å². The lowest BCUT2D eigenvalue weighted by atomic mass is 10.1. The van der Waals surface area contributed by atoms with Crippen molar-refractivity contribution in [3.63, 3.8) is 0 Å². The van der Waals surface area contributed by atoms with E-state index >= 15 is 0 Å². The van der Waals surface area contributed by atoms with Gasteiger partial charge in [0.25, 0.3) is 0 Å². The number of hydrogen-bond acceptors (Lipinski definition) is 20. The predicted octanol–water partition coefficient (Wildman–Crippen LogP) is 16.4. The minimum absolute atomic E-state index is 0.0279. The molecule has 0 bridgehead atoms. The molecule has 0 unspecified atom stereocenters. The summed E-state index contributed by atoms with van der Waals surface area (Å²) in [5.41, 5.74) is 0. The standard InChI is InChI=1S/C60H117N3O9S8/c1-5-9-13-17-21-25-49-73-77-53-45-69-57(65)31-39-62(40-32-58(66)70-46-54-78-74-50-26-22-18-14-10-6-2)37-29-35-61(43-44-64)36-30-38-63(41-33-59(67)71-47-55-79-75-51-27-23-19-15-11-7-3)42-34-60(68)72-48-56-80-76-52-28-24-20-16-12-8-4/h64H,5-56H2,1-4H3. The number of aliphatic hydroxyl groups is 1. The van der Waals surface area contributed by atoms with Crippen molar-refractivity contribution in [1.82, 2.24) is 14.7 Å². The summed E-state index contributed by atoms with van der Waals surface area (Å²) >= 11 is 0. The van der Waals surface area contributed by atoms with E-state index in [-0.39, 0.29) is 56.2 Å². The van der Waals surface area contributed by atoms with Crippen molar-refractivity contribution in [3.05, 3.63) is 0 Å². The number of carbonyl (C=O) groups excluding carboxylic acids is 4. The second kappa shape index (κ2) is 67.0. The van der Waals surface area contributed by atoms with Gasteiger partial charge in [0, 0.05) is 78.7 Å². The third kappa shape index (κ3) is 61.6. The van der Waals surface area contributed by atoms with E-state index in [0.717, 1.165) is 72.0 Å². The molecule has 0 atom stereocenters. The fourth-order valence-corrected chi connectivity index (χ4v) is 16.4. The Morgan fingerprint density at radius 3 is 0.725 bits per heavy atom. The fourth-order valence-electron chi connectivity index (χ4n) is 8.46. The fraction of sp³-hybridized carbons (Fsp3) is 0.933. The average molecular weight is 1280 g/mol. The Kier molecular flexibility index (Phi) is 67.5. The van der Waals surface area contributed by atoms with Gasteiger partial charge in [-0.2, -0.15) is 0 Å². The topological polar surface area (TPSA) is 135 Å². The van der Waals surface area contributed by atoms with Crippen molar-refractivity contribution < 1.29 is 43.2 Å². The van der Waals surface area contributed by atoms with E-state index in [1.165, 1.54) is 154 Å². The maximum absolute atomic E-state index is 12.9. The number of esters is 4. The molecule has 20 heteroatoms. The van der Waals surface area contributed by atoms with Crippen molar-refractivity contribution >= 4 is 110 Å². The number of rotatable bonds is 66. The average Bonchev–Trinajstić information content (AvgIpc) is 3.45. The van der Waals surface area contributed by atoms with Crippen molar-refractivity contribution in [2.75, 3.05) is 138 Å². The molecular weight excluding hydrogens is 1160 g/mol. The Labute approximate surface area is 522 Å². The van der Waals surface area contributed by atoms with Crippen LogP contribution in [0.25, 0.3) is 0 Å². The van der Waals surface area contributed by atoms with Gasteiger partial charge in [0.05, 0.1) is 32.3 Å². The number of carbonyl (C=O) groups is 4. The summed E-state index contributed by atoms with van der Waals surface area (Å²) < 4.78 is 22.5. The molecule has 0 amide bonds. The third-order valence-electron chi connectivity index (χ3n) is 13.2. The normalized spacial score (nSPS) is 11.6. The molecule has 12 nitrogen and oxygen atoms in total. The van der Waals surface area contributed by atoms with Crippen LogP contribution in [0.3, 0.4) is 0 Å². The van der Waals surface area contributed by atoms with Gasteiger partial charge < -0.3 is 38.8 Å². The van der Waals surface area contributed by atoms with Gasteiger partial charge in [-0.05, 0) is 64.7 Å². The number of aliphatic hydroxyl groups excluding tert-OH is 1. The maximum Gasteiger partial charge on any atom is 0.307 e. The summed E-state index contributed by atoms with van der Waals surface area (Å²) in [4.78, 5) is 58.1. The molecule has 0 aliphatic heterocycles. The zero-order valence-electron chi connectivity index (χ0n) is 51.1. The van der Waals surface area contributed by atoms with E-state index in [1.807, 2.05) is 43.2 Å². The molecule has 0 aliphatic carbocycles. The molecule has 80 heavy (non-hydrogen) atoms. The molecule has 0 aliphatic rings. The molecule has 0 aromatic heterocycles. The van der Waals surface area contributed by atoms with E-state index in [0.29, 0.717) is 72.2 Å². The monoisotopic (exact) mass is 1280 g/mol. The number of unbranched alkanes of at least 4 members (excludes halogenated alkanes) is 20. The Hall–Kier alpha value is 0.520. The second-order valence-corrected chi connectivity index (χ2v) is 31.3. The van der Waals surface area contributed by atoms with Gasteiger partial charge in [0.2, 0.25) is 0 Å². The van der Waals surface area contributed by atoms with E-state index < -0.39 is 0 Å². The van der Waals surface area contributed by atoms with Crippen LogP contribution in [0.1, 0.15) is 220 Å². The van der Waals surface area contributed by atoms with Crippen molar-refractivity contribution in [1.29, 1.82) is 0 Å². The zero-order chi connectivity index (χ0) is 58.3. The van der Waals surface area contributed by atoms with Gasteiger partial charge >= 0.3 is 23.9 Å². The van der Waals surface area contributed by atoms with Crippen molar-refractivity contribution in [2.24, 2.45) is 0 Å². The van der Waals surface area contributed by atoms with E-state index in [1.54, 1.807) is 43.2 Å². The Bertz CT molecular complexity index is 1180. The maximum atomic E-state index is 12.9. The highest BCUT2D eigenvalue weighted by atomic mass is 33.1. The second-order valence-electron chi connectivity index (χ2n) is 20.5. The highest BCUT2D eigenvalue weighted by Gasteiger charge is 2.16. The van der Waals surface area contributed by atoms with Gasteiger partial charge in [0.15, 0.2) is 0 Å². The van der Waals surface area contributed by atoms with Crippen LogP contribution in [0.5, 0.6) is 0 Å². The van der Waals surface area contributed by atoms with Crippen LogP contribution >= 0.6 is 86.4 Å². The van der Waals surface area contributed by atoms with Gasteiger partial charge in [-0.15, -0.1) is 0 Å². The molecule has 0 heterocycles. The highest BCUT2D eigenvalue weighted by Crippen LogP contribution is 2.26. The van der Waals surface area contributed by atoms with Crippen LogP contribution in [0.2, 0.25) is 0 Å². The molecule has 0 saturated carbocycles.